The first-order valence-corrected chi connectivity index (χ1v) is 1.53. The summed E-state index contributed by atoms with van der Waals surface area (Å²) >= 11 is 0. The summed E-state index contributed by atoms with van der Waals surface area (Å²) in [5, 5.41) is 9.51. The zero-order valence-electron chi connectivity index (χ0n) is 3.76. The number of nitrogens with zero attached hydrogens (tertiary/aromatic N) is 1. The van der Waals surface area contributed by atoms with Gasteiger partial charge in [0.05, 0.1) is 0 Å². The van der Waals surface area contributed by atoms with Gasteiger partial charge in [0, 0.05) is 14.1 Å². The molecular weight excluding hydrogens is 82.0 g/mol. The van der Waals surface area contributed by atoms with Crippen molar-refractivity contribution in [2.75, 3.05) is 14.1 Å². The lowest BCUT2D eigenvalue weighted by Gasteiger charge is -1.96. The maximum absolute atomic E-state index is 9.51. The Hall–Kier alpha value is -0.730. The summed E-state index contributed by atoms with van der Waals surface area (Å²) in [5.41, 5.74) is 0. The van der Waals surface area contributed by atoms with Crippen molar-refractivity contribution in [1.29, 1.82) is 0 Å². The molecule has 35 valence electrons. The fourth-order valence-corrected chi connectivity index (χ4v) is 0. The number of hydrogen-bond donors (Lipinski definition) is 0. The summed E-state index contributed by atoms with van der Waals surface area (Å²) in [7, 11) is 2.82. The summed E-state index contributed by atoms with van der Waals surface area (Å²) in [6.07, 6.45) is -1.16. The molecule has 0 aromatic heterocycles. The highest BCUT2D eigenvalue weighted by Crippen LogP contribution is 1.71. The highest BCUT2D eigenvalue weighted by molar-refractivity contribution is 5.63. The number of hydrogen-bond acceptors (Lipinski definition) is 1. The molecule has 0 aliphatic carbocycles. The minimum absolute atomic E-state index is 0.972. The Morgan fingerprint density at radius 1 is 1.50 bits per heavy atom. The van der Waals surface area contributed by atoms with Gasteiger partial charge in [0.25, 0.3) is 0 Å². The van der Waals surface area contributed by atoms with Gasteiger partial charge in [-0.05, 0) is 0 Å². The van der Waals surface area contributed by atoms with E-state index in [1.54, 1.807) is 0 Å². The highest BCUT2D eigenvalue weighted by atomic mass is 16.4. The second-order valence-electron chi connectivity index (χ2n) is 1.16. The number of rotatable bonds is 0. The van der Waals surface area contributed by atoms with Crippen LogP contribution in [0.15, 0.2) is 0 Å². The molecule has 3 nitrogen and oxygen atoms in total. The Labute approximate surface area is 36.2 Å². The number of amides is 1. The Morgan fingerprint density at radius 2 is 1.67 bits per heavy atom. The molecule has 0 atom stereocenters. The van der Waals surface area contributed by atoms with E-state index in [4.69, 9.17) is 0 Å². The number of carbonyl (C=O) groups excluding carboxylic acids is 1. The van der Waals surface area contributed by atoms with E-state index in [1.807, 2.05) is 0 Å². The first kappa shape index (κ1) is 5.27. The summed E-state index contributed by atoms with van der Waals surface area (Å²) in [5.74, 6) is 0. The third-order valence-electron chi connectivity index (χ3n) is 0.365. The standard InChI is InChI=1S/C3H6NO2/c1-4(2)3(5)6/h1-2H3. The molecule has 0 heterocycles. The monoisotopic (exact) mass is 88.0 g/mol. The molecule has 6 heavy (non-hydrogen) atoms. The van der Waals surface area contributed by atoms with E-state index in [0.29, 0.717) is 0 Å². The minimum atomic E-state index is -1.16. The molecule has 0 unspecified atom stereocenters. The summed E-state index contributed by atoms with van der Waals surface area (Å²) in [6.45, 7) is 0. The van der Waals surface area contributed by atoms with Crippen LogP contribution >= 0.6 is 0 Å². The largest absolute Gasteiger partial charge is 0.452 e. The van der Waals surface area contributed by atoms with Crippen LogP contribution in [-0.2, 0) is 5.11 Å². The summed E-state index contributed by atoms with van der Waals surface area (Å²) < 4.78 is 0. The Kier molecular flexibility index (Phi) is 1.44. The Balaban J connectivity index is 3.26. The summed E-state index contributed by atoms with van der Waals surface area (Å²) in [6, 6.07) is 0. The van der Waals surface area contributed by atoms with Crippen LogP contribution < -0.4 is 0 Å². The van der Waals surface area contributed by atoms with Crippen molar-refractivity contribution in [2.45, 2.75) is 0 Å². The first-order valence-electron chi connectivity index (χ1n) is 1.53. The van der Waals surface area contributed by atoms with Gasteiger partial charge in [0.2, 0.25) is 0 Å². The van der Waals surface area contributed by atoms with Crippen LogP contribution in [0.4, 0.5) is 4.79 Å². The molecule has 0 rings (SSSR count). The average molecular weight is 88.1 g/mol. The molecule has 0 aromatic rings. The molecule has 0 aliphatic rings. The number of carbonyl (C=O) groups is 1. The van der Waals surface area contributed by atoms with E-state index in [0.717, 1.165) is 4.90 Å². The van der Waals surface area contributed by atoms with Crippen molar-refractivity contribution in [1.82, 2.24) is 4.90 Å². The van der Waals surface area contributed by atoms with Crippen LogP contribution in [0.1, 0.15) is 0 Å². The Bertz CT molecular complexity index is 59.8. The zero-order valence-corrected chi connectivity index (χ0v) is 3.76. The second-order valence-corrected chi connectivity index (χ2v) is 1.16. The molecule has 0 aliphatic heterocycles. The molecular formula is C3H6NO2. The van der Waals surface area contributed by atoms with Crippen LogP contribution in [0, 0.1) is 0 Å². The van der Waals surface area contributed by atoms with Crippen LogP contribution in [0.5, 0.6) is 0 Å². The molecule has 0 saturated carbocycles. The Morgan fingerprint density at radius 3 is 1.67 bits per heavy atom. The van der Waals surface area contributed by atoms with Gasteiger partial charge in [-0.25, -0.2) is 9.90 Å². The predicted molar refractivity (Wildman–Crippen MR) is 19.8 cm³/mol. The van der Waals surface area contributed by atoms with Crippen LogP contribution in [0.3, 0.4) is 0 Å². The van der Waals surface area contributed by atoms with Gasteiger partial charge in [-0.2, -0.15) is 0 Å². The molecule has 0 N–H and O–H groups in total. The predicted octanol–water partition coefficient (Wildman–Crippen LogP) is 0.0985. The third kappa shape index (κ3) is 1.58. The topological polar surface area (TPSA) is 40.2 Å². The van der Waals surface area contributed by atoms with Crippen molar-refractivity contribution in [2.24, 2.45) is 0 Å². The van der Waals surface area contributed by atoms with Crippen LogP contribution in [0.2, 0.25) is 0 Å². The third-order valence-corrected chi connectivity index (χ3v) is 0.365. The van der Waals surface area contributed by atoms with E-state index in [2.05, 4.69) is 0 Å². The lowest BCUT2D eigenvalue weighted by molar-refractivity contribution is 0.138. The van der Waals surface area contributed by atoms with Crippen molar-refractivity contribution >= 4 is 6.09 Å². The molecule has 0 saturated heterocycles. The fourth-order valence-electron chi connectivity index (χ4n) is 0. The van der Waals surface area contributed by atoms with Gasteiger partial charge in [0.15, 0.2) is 0 Å². The normalized spacial score (nSPS) is 7.67. The molecule has 0 fully saturated rings. The van der Waals surface area contributed by atoms with Crippen LogP contribution in [-0.4, -0.2) is 25.1 Å². The fraction of sp³-hybridized carbons (Fsp3) is 0.667. The second kappa shape index (κ2) is 1.64. The van der Waals surface area contributed by atoms with Crippen molar-refractivity contribution in [3.8, 4) is 0 Å². The van der Waals surface area contributed by atoms with E-state index in [1.165, 1.54) is 14.1 Å². The lowest BCUT2D eigenvalue weighted by Crippen LogP contribution is -2.16. The van der Waals surface area contributed by atoms with E-state index in [9.17, 15) is 9.90 Å². The van der Waals surface area contributed by atoms with Gasteiger partial charge in [-0.15, -0.1) is 0 Å². The zero-order chi connectivity index (χ0) is 5.15. The van der Waals surface area contributed by atoms with Gasteiger partial charge in [0.1, 0.15) is 0 Å². The molecule has 0 spiro atoms. The van der Waals surface area contributed by atoms with Gasteiger partial charge < -0.3 is 4.90 Å². The molecule has 0 bridgehead atoms. The maximum atomic E-state index is 9.51. The molecule has 3 heteroatoms. The SMILES string of the molecule is CN(C)C([O])=O. The average Bonchev–Trinajstić information content (AvgIpc) is 1.36. The smallest absolute Gasteiger partial charge is 0.311 e. The minimum Gasteiger partial charge on any atom is -0.311 e. The van der Waals surface area contributed by atoms with Crippen molar-refractivity contribution in [3.63, 3.8) is 0 Å². The first-order chi connectivity index (χ1) is 2.64. The van der Waals surface area contributed by atoms with Crippen molar-refractivity contribution < 1.29 is 9.90 Å². The van der Waals surface area contributed by atoms with Gasteiger partial charge in [-0.1, -0.05) is 0 Å². The maximum Gasteiger partial charge on any atom is 0.452 e. The summed E-state index contributed by atoms with van der Waals surface area (Å²) in [4.78, 5) is 10.5. The van der Waals surface area contributed by atoms with E-state index in [-0.39, 0.29) is 0 Å². The van der Waals surface area contributed by atoms with Crippen molar-refractivity contribution in [3.05, 3.63) is 0 Å². The van der Waals surface area contributed by atoms with E-state index < -0.39 is 6.09 Å². The molecule has 1 amide bonds. The molecule has 1 radical (unpaired) electrons. The quantitative estimate of drug-likeness (QED) is 0.414. The van der Waals surface area contributed by atoms with Gasteiger partial charge in [-0.3, -0.25) is 0 Å². The molecule has 0 aromatic carbocycles. The van der Waals surface area contributed by atoms with Gasteiger partial charge >= 0.3 is 6.09 Å². The highest BCUT2D eigenvalue weighted by Gasteiger charge is 1.96. The lowest BCUT2D eigenvalue weighted by atomic mass is 10.9. The van der Waals surface area contributed by atoms with E-state index >= 15 is 0 Å². The van der Waals surface area contributed by atoms with Crippen LogP contribution in [0.25, 0.3) is 0 Å².